The summed E-state index contributed by atoms with van der Waals surface area (Å²) >= 11 is 0. The van der Waals surface area contributed by atoms with Gasteiger partial charge in [0.25, 0.3) is 0 Å². The second-order valence-electron chi connectivity index (χ2n) is 3.72. The fourth-order valence-corrected chi connectivity index (χ4v) is 1.71. The van der Waals surface area contributed by atoms with Crippen LogP contribution in [0.25, 0.3) is 0 Å². The number of halogens is 3. The second kappa shape index (κ2) is 5.01. The third-order valence-electron chi connectivity index (χ3n) is 2.44. The van der Waals surface area contributed by atoms with E-state index in [1.165, 1.54) is 0 Å². The minimum absolute atomic E-state index is 0.0298. The highest BCUT2D eigenvalue weighted by molar-refractivity contribution is 4.91. The summed E-state index contributed by atoms with van der Waals surface area (Å²) in [7, 11) is 0. The van der Waals surface area contributed by atoms with Crippen molar-refractivity contribution >= 4 is 0 Å². The van der Waals surface area contributed by atoms with Crippen LogP contribution in [-0.2, 0) is 4.74 Å². The highest BCUT2D eigenvalue weighted by atomic mass is 19.4. The Kier molecular flexibility index (Phi) is 4.92. The number of hydrogen-bond acceptors (Lipinski definition) is 1. The zero-order chi connectivity index (χ0) is 11.4. The van der Waals surface area contributed by atoms with Crippen molar-refractivity contribution in [2.75, 3.05) is 6.61 Å². The molecule has 0 aliphatic heterocycles. The van der Waals surface area contributed by atoms with E-state index in [9.17, 15) is 13.2 Å². The topological polar surface area (TPSA) is 9.23 Å². The summed E-state index contributed by atoms with van der Waals surface area (Å²) in [5.74, 6) is -0.553. The van der Waals surface area contributed by atoms with Crippen LogP contribution < -0.4 is 0 Å². The molecule has 14 heavy (non-hydrogen) atoms. The smallest absolute Gasteiger partial charge is 0.366 e. The Morgan fingerprint density at radius 1 is 1.14 bits per heavy atom. The van der Waals surface area contributed by atoms with Gasteiger partial charge >= 0.3 is 6.18 Å². The van der Waals surface area contributed by atoms with Crippen LogP contribution in [-0.4, -0.2) is 18.4 Å². The molecule has 0 spiro atoms. The Hall–Kier alpha value is -0.250. The first-order chi connectivity index (χ1) is 6.31. The molecule has 0 aliphatic carbocycles. The molecule has 1 nitrogen and oxygen atoms in total. The zero-order valence-electron chi connectivity index (χ0n) is 9.24. The first kappa shape index (κ1) is 13.8. The van der Waals surface area contributed by atoms with E-state index in [0.29, 0.717) is 6.42 Å². The van der Waals surface area contributed by atoms with Crippen molar-refractivity contribution in [3.63, 3.8) is 0 Å². The second-order valence-corrected chi connectivity index (χ2v) is 3.72. The van der Waals surface area contributed by atoms with Gasteiger partial charge in [-0.2, -0.15) is 13.2 Å². The molecule has 1 unspecified atom stereocenters. The predicted molar refractivity (Wildman–Crippen MR) is 50.2 cm³/mol. The van der Waals surface area contributed by atoms with Gasteiger partial charge in [-0.3, -0.25) is 0 Å². The molecule has 0 aromatic rings. The molecule has 0 heterocycles. The van der Waals surface area contributed by atoms with Crippen molar-refractivity contribution < 1.29 is 17.9 Å². The third kappa shape index (κ3) is 2.62. The summed E-state index contributed by atoms with van der Waals surface area (Å²) < 4.78 is 43.6. The fraction of sp³-hybridized carbons (Fsp3) is 1.00. The van der Waals surface area contributed by atoms with Gasteiger partial charge in [0, 0.05) is 6.61 Å². The minimum atomic E-state index is -4.28. The highest BCUT2D eigenvalue weighted by Gasteiger charge is 2.56. The van der Waals surface area contributed by atoms with Crippen LogP contribution >= 0.6 is 0 Å². The molecule has 1 atom stereocenters. The maximum Gasteiger partial charge on any atom is 0.417 e. The van der Waals surface area contributed by atoms with Gasteiger partial charge in [-0.15, -0.1) is 0 Å². The van der Waals surface area contributed by atoms with E-state index in [2.05, 4.69) is 0 Å². The Labute approximate surface area is 83.6 Å². The maximum absolute atomic E-state index is 12.9. The molecule has 86 valence electrons. The predicted octanol–water partition coefficient (Wildman–Crippen LogP) is 3.78. The van der Waals surface area contributed by atoms with E-state index in [1.807, 2.05) is 0 Å². The van der Waals surface area contributed by atoms with Crippen LogP contribution in [0.5, 0.6) is 0 Å². The largest absolute Gasteiger partial charge is 0.417 e. The van der Waals surface area contributed by atoms with Gasteiger partial charge in [0.1, 0.15) is 0 Å². The van der Waals surface area contributed by atoms with Crippen molar-refractivity contribution in [2.45, 2.75) is 52.3 Å². The lowest BCUT2D eigenvalue weighted by Crippen LogP contribution is -2.51. The van der Waals surface area contributed by atoms with E-state index in [0.717, 1.165) is 0 Å². The summed E-state index contributed by atoms with van der Waals surface area (Å²) in [6, 6.07) is 0. The summed E-state index contributed by atoms with van der Waals surface area (Å²) in [6.45, 7) is 6.54. The van der Waals surface area contributed by atoms with Crippen molar-refractivity contribution in [3.05, 3.63) is 0 Å². The van der Waals surface area contributed by atoms with Crippen LogP contribution in [0.15, 0.2) is 0 Å². The highest BCUT2D eigenvalue weighted by Crippen LogP contribution is 2.42. The quantitative estimate of drug-likeness (QED) is 0.673. The Morgan fingerprint density at radius 2 is 1.64 bits per heavy atom. The third-order valence-corrected chi connectivity index (χ3v) is 2.44. The molecule has 0 fully saturated rings. The van der Waals surface area contributed by atoms with E-state index < -0.39 is 17.7 Å². The van der Waals surface area contributed by atoms with Gasteiger partial charge in [0.2, 0.25) is 0 Å². The molecule has 0 saturated carbocycles. The SMILES string of the molecule is CCCC(OCC)(C(C)C)C(F)(F)F. The molecular weight excluding hydrogens is 193 g/mol. The lowest BCUT2D eigenvalue weighted by molar-refractivity contribution is -0.295. The molecule has 0 N–H and O–H groups in total. The molecule has 0 rings (SSSR count). The molecule has 0 aromatic heterocycles. The summed E-state index contributed by atoms with van der Waals surface area (Å²) in [6.07, 6.45) is -3.78. The van der Waals surface area contributed by atoms with Crippen molar-refractivity contribution in [1.82, 2.24) is 0 Å². The summed E-state index contributed by atoms with van der Waals surface area (Å²) in [5.41, 5.74) is -1.96. The van der Waals surface area contributed by atoms with Crippen molar-refractivity contribution in [3.8, 4) is 0 Å². The van der Waals surface area contributed by atoms with Crippen LogP contribution in [0.4, 0.5) is 13.2 Å². The van der Waals surface area contributed by atoms with E-state index in [1.54, 1.807) is 27.7 Å². The Bertz CT molecular complexity index is 157. The molecule has 0 amide bonds. The standard InChI is InChI=1S/C10H19F3O/c1-5-7-9(8(3)4,14-6-2)10(11,12)13/h8H,5-7H2,1-4H3. The van der Waals surface area contributed by atoms with Gasteiger partial charge in [-0.1, -0.05) is 27.2 Å². The molecule has 0 radical (unpaired) electrons. The molecule has 0 saturated heterocycles. The molecule has 0 bridgehead atoms. The minimum Gasteiger partial charge on any atom is -0.366 e. The van der Waals surface area contributed by atoms with Crippen LogP contribution in [0.2, 0.25) is 0 Å². The Balaban J connectivity index is 4.94. The molecule has 4 heteroatoms. The van der Waals surface area contributed by atoms with Gasteiger partial charge in [-0.25, -0.2) is 0 Å². The van der Waals surface area contributed by atoms with Crippen LogP contribution in [0.3, 0.4) is 0 Å². The van der Waals surface area contributed by atoms with E-state index in [4.69, 9.17) is 4.74 Å². The van der Waals surface area contributed by atoms with E-state index >= 15 is 0 Å². The van der Waals surface area contributed by atoms with E-state index in [-0.39, 0.29) is 13.0 Å². The zero-order valence-corrected chi connectivity index (χ0v) is 9.24. The average Bonchev–Trinajstić information content (AvgIpc) is 2.01. The van der Waals surface area contributed by atoms with Gasteiger partial charge < -0.3 is 4.74 Å². The normalized spacial score (nSPS) is 17.1. The molecular formula is C10H19F3O. The summed E-state index contributed by atoms with van der Waals surface area (Å²) in [4.78, 5) is 0. The van der Waals surface area contributed by atoms with Crippen molar-refractivity contribution in [1.29, 1.82) is 0 Å². The summed E-state index contributed by atoms with van der Waals surface area (Å²) in [5, 5.41) is 0. The number of ether oxygens (including phenoxy) is 1. The first-order valence-electron chi connectivity index (χ1n) is 5.02. The first-order valence-corrected chi connectivity index (χ1v) is 5.02. The average molecular weight is 212 g/mol. The number of rotatable bonds is 5. The van der Waals surface area contributed by atoms with Gasteiger partial charge in [0.15, 0.2) is 5.60 Å². The number of alkyl halides is 3. The number of hydrogen-bond donors (Lipinski definition) is 0. The van der Waals surface area contributed by atoms with Crippen LogP contribution in [0, 0.1) is 5.92 Å². The van der Waals surface area contributed by atoms with Gasteiger partial charge in [-0.05, 0) is 19.3 Å². The molecule has 0 aromatic carbocycles. The fourth-order valence-electron chi connectivity index (χ4n) is 1.71. The lowest BCUT2D eigenvalue weighted by atomic mass is 9.85. The lowest BCUT2D eigenvalue weighted by Gasteiger charge is -2.38. The van der Waals surface area contributed by atoms with Crippen LogP contribution in [0.1, 0.15) is 40.5 Å². The van der Waals surface area contributed by atoms with Gasteiger partial charge in [0.05, 0.1) is 0 Å². The molecule has 0 aliphatic rings. The Morgan fingerprint density at radius 3 is 1.86 bits per heavy atom. The maximum atomic E-state index is 12.9. The van der Waals surface area contributed by atoms with Crippen molar-refractivity contribution in [2.24, 2.45) is 5.92 Å². The monoisotopic (exact) mass is 212 g/mol.